The number of fused-ring (bicyclic) bond motifs is 5. The molecule has 98 valence electrons. The van der Waals surface area contributed by atoms with Gasteiger partial charge < -0.3 is 14.2 Å². The van der Waals surface area contributed by atoms with E-state index in [1.165, 1.54) is 0 Å². The summed E-state index contributed by atoms with van der Waals surface area (Å²) >= 11 is 0. The summed E-state index contributed by atoms with van der Waals surface area (Å²) in [6.45, 7) is 1.20. The van der Waals surface area contributed by atoms with Gasteiger partial charge in [0.2, 0.25) is 0 Å². The Balaban J connectivity index is 1.82. The van der Waals surface area contributed by atoms with Crippen LogP contribution in [0.4, 0.5) is 0 Å². The summed E-state index contributed by atoms with van der Waals surface area (Å²) in [5.74, 6) is -1.07. The smallest absolute Gasteiger partial charge is 0.310 e. The van der Waals surface area contributed by atoms with Gasteiger partial charge in [0.25, 0.3) is 0 Å². The Morgan fingerprint density at radius 2 is 1.33 bits per heavy atom. The van der Waals surface area contributed by atoms with E-state index < -0.39 is 0 Å². The third-order valence-corrected chi connectivity index (χ3v) is 3.95. The fourth-order valence-corrected chi connectivity index (χ4v) is 3.16. The third kappa shape index (κ3) is 1.92. The van der Waals surface area contributed by atoms with Crippen molar-refractivity contribution in [2.75, 3.05) is 26.4 Å². The molecular weight excluding hydrogens is 236 g/mol. The highest BCUT2D eigenvalue weighted by Gasteiger charge is 2.53. The Kier molecular flexibility index (Phi) is 3.07. The molecular formula is C13H16O5. The molecule has 18 heavy (non-hydrogen) atoms. The minimum Gasteiger partial charge on any atom is -0.463 e. The maximum atomic E-state index is 12.0. The monoisotopic (exact) mass is 252 g/mol. The molecule has 1 heterocycles. The number of rotatable bonds is 0. The van der Waals surface area contributed by atoms with Gasteiger partial charge in [-0.3, -0.25) is 9.59 Å². The van der Waals surface area contributed by atoms with Gasteiger partial charge in [-0.05, 0) is 18.3 Å². The largest absolute Gasteiger partial charge is 0.463 e. The zero-order valence-corrected chi connectivity index (χ0v) is 10.0. The molecule has 2 aliphatic carbocycles. The van der Waals surface area contributed by atoms with E-state index in [0.717, 1.165) is 6.42 Å². The number of ether oxygens (including phenoxy) is 3. The summed E-state index contributed by atoms with van der Waals surface area (Å²) in [6, 6.07) is 0. The second-order valence-electron chi connectivity index (χ2n) is 4.95. The molecule has 1 aliphatic heterocycles. The van der Waals surface area contributed by atoms with Crippen molar-refractivity contribution >= 4 is 11.9 Å². The lowest BCUT2D eigenvalue weighted by molar-refractivity contribution is -0.160. The molecule has 4 atom stereocenters. The maximum absolute atomic E-state index is 12.0. The van der Waals surface area contributed by atoms with Crippen LogP contribution in [-0.4, -0.2) is 38.4 Å². The zero-order valence-electron chi connectivity index (χ0n) is 10.0. The average Bonchev–Trinajstić information content (AvgIpc) is 2.95. The van der Waals surface area contributed by atoms with E-state index in [-0.39, 0.29) is 48.8 Å². The zero-order chi connectivity index (χ0) is 12.5. The van der Waals surface area contributed by atoms with Gasteiger partial charge in [-0.1, -0.05) is 12.2 Å². The van der Waals surface area contributed by atoms with Crippen LogP contribution in [0, 0.1) is 23.7 Å². The summed E-state index contributed by atoms with van der Waals surface area (Å²) in [5, 5.41) is 0. The van der Waals surface area contributed by atoms with E-state index >= 15 is 0 Å². The van der Waals surface area contributed by atoms with Crippen LogP contribution in [0.15, 0.2) is 12.2 Å². The van der Waals surface area contributed by atoms with Crippen molar-refractivity contribution in [3.8, 4) is 0 Å². The SMILES string of the molecule is O=C1OCCOCCOC(=O)C2C3C=CC(C3)C12. The number of hydrogen-bond donors (Lipinski definition) is 0. The maximum Gasteiger partial charge on any atom is 0.310 e. The van der Waals surface area contributed by atoms with Crippen molar-refractivity contribution in [3.05, 3.63) is 12.2 Å². The Bertz CT molecular complexity index is 355. The van der Waals surface area contributed by atoms with E-state index in [1.54, 1.807) is 0 Å². The van der Waals surface area contributed by atoms with E-state index in [2.05, 4.69) is 0 Å². The first-order chi connectivity index (χ1) is 8.77. The highest BCUT2D eigenvalue weighted by Crippen LogP contribution is 2.49. The summed E-state index contributed by atoms with van der Waals surface area (Å²) < 4.78 is 15.6. The van der Waals surface area contributed by atoms with Gasteiger partial charge in [0.15, 0.2) is 0 Å². The molecule has 2 bridgehead atoms. The molecule has 3 rings (SSSR count). The first kappa shape index (κ1) is 11.7. The Morgan fingerprint density at radius 1 is 0.833 bits per heavy atom. The summed E-state index contributed by atoms with van der Waals surface area (Å²) in [5.41, 5.74) is 0. The van der Waals surface area contributed by atoms with Gasteiger partial charge in [0.05, 0.1) is 25.0 Å². The van der Waals surface area contributed by atoms with Gasteiger partial charge in [-0.2, -0.15) is 0 Å². The predicted molar refractivity (Wildman–Crippen MR) is 60.5 cm³/mol. The first-order valence-electron chi connectivity index (χ1n) is 6.37. The number of carbonyl (C=O) groups is 2. The molecule has 0 aromatic heterocycles. The second-order valence-corrected chi connectivity index (χ2v) is 4.95. The van der Waals surface area contributed by atoms with Gasteiger partial charge in [0, 0.05) is 0 Å². The highest BCUT2D eigenvalue weighted by atomic mass is 16.6. The van der Waals surface area contributed by atoms with Crippen LogP contribution < -0.4 is 0 Å². The normalized spacial score (nSPS) is 39.8. The molecule has 0 N–H and O–H groups in total. The fourth-order valence-electron chi connectivity index (χ4n) is 3.16. The number of hydrogen-bond acceptors (Lipinski definition) is 5. The number of carbonyl (C=O) groups excluding carboxylic acids is 2. The third-order valence-electron chi connectivity index (χ3n) is 3.95. The summed E-state index contributed by atoms with van der Waals surface area (Å²) in [4.78, 5) is 24.1. The van der Waals surface area contributed by atoms with Gasteiger partial charge in [0.1, 0.15) is 13.2 Å². The van der Waals surface area contributed by atoms with Crippen molar-refractivity contribution in [1.29, 1.82) is 0 Å². The van der Waals surface area contributed by atoms with E-state index in [1.807, 2.05) is 12.2 Å². The number of allylic oxidation sites excluding steroid dienone is 2. The van der Waals surface area contributed by atoms with Crippen LogP contribution in [0.2, 0.25) is 0 Å². The summed E-state index contributed by atoms with van der Waals surface area (Å²) in [7, 11) is 0. The lowest BCUT2D eigenvalue weighted by Gasteiger charge is -2.24. The molecule has 5 heteroatoms. The molecule has 1 saturated carbocycles. The van der Waals surface area contributed by atoms with Crippen LogP contribution in [0.25, 0.3) is 0 Å². The Hall–Kier alpha value is -1.36. The summed E-state index contributed by atoms with van der Waals surface area (Å²) in [6.07, 6.45) is 4.91. The Labute approximate surface area is 105 Å². The molecule has 3 aliphatic rings. The molecule has 0 radical (unpaired) electrons. The molecule has 0 aromatic carbocycles. The molecule has 0 amide bonds. The van der Waals surface area contributed by atoms with E-state index in [0.29, 0.717) is 13.2 Å². The van der Waals surface area contributed by atoms with Crippen molar-refractivity contribution in [2.24, 2.45) is 23.7 Å². The minimum absolute atomic E-state index is 0.127. The predicted octanol–water partition coefficient (Wildman–Crippen LogP) is 0.541. The molecule has 0 spiro atoms. The van der Waals surface area contributed by atoms with Crippen molar-refractivity contribution in [2.45, 2.75) is 6.42 Å². The van der Waals surface area contributed by atoms with Crippen LogP contribution >= 0.6 is 0 Å². The first-order valence-corrected chi connectivity index (χ1v) is 6.37. The molecule has 0 aromatic rings. The van der Waals surface area contributed by atoms with Crippen LogP contribution in [0.5, 0.6) is 0 Å². The topological polar surface area (TPSA) is 61.8 Å². The number of esters is 2. The second kappa shape index (κ2) is 4.72. The van der Waals surface area contributed by atoms with Crippen molar-refractivity contribution in [1.82, 2.24) is 0 Å². The average molecular weight is 252 g/mol. The van der Waals surface area contributed by atoms with Gasteiger partial charge in [-0.25, -0.2) is 0 Å². The Morgan fingerprint density at radius 3 is 1.83 bits per heavy atom. The van der Waals surface area contributed by atoms with Gasteiger partial charge in [-0.15, -0.1) is 0 Å². The van der Waals surface area contributed by atoms with Gasteiger partial charge >= 0.3 is 11.9 Å². The van der Waals surface area contributed by atoms with E-state index in [9.17, 15) is 9.59 Å². The van der Waals surface area contributed by atoms with Crippen molar-refractivity contribution < 1.29 is 23.8 Å². The van der Waals surface area contributed by atoms with Crippen molar-refractivity contribution in [3.63, 3.8) is 0 Å². The van der Waals surface area contributed by atoms with Crippen LogP contribution in [0.1, 0.15) is 6.42 Å². The van der Waals surface area contributed by atoms with E-state index in [4.69, 9.17) is 14.2 Å². The highest BCUT2D eigenvalue weighted by molar-refractivity contribution is 5.84. The van der Waals surface area contributed by atoms with Crippen LogP contribution in [-0.2, 0) is 23.8 Å². The standard InChI is InChI=1S/C13H16O5/c14-12-10-8-1-2-9(7-8)11(10)13(15)18-6-4-16-3-5-17-12/h1-2,8-11H,3-7H2. The molecule has 1 saturated heterocycles. The lowest BCUT2D eigenvalue weighted by Crippen LogP contribution is -2.35. The number of cyclic esters (lactones) is 2. The lowest BCUT2D eigenvalue weighted by atomic mass is 9.83. The molecule has 5 nitrogen and oxygen atoms in total. The quantitative estimate of drug-likeness (QED) is 0.465. The molecule has 4 unspecified atom stereocenters. The minimum atomic E-state index is -0.370. The van der Waals surface area contributed by atoms with Crippen LogP contribution in [0.3, 0.4) is 0 Å². The molecule has 2 fully saturated rings. The fraction of sp³-hybridized carbons (Fsp3) is 0.692.